The topological polar surface area (TPSA) is 54.9 Å². The van der Waals surface area contributed by atoms with Gasteiger partial charge in [0.05, 0.1) is 11.7 Å². The van der Waals surface area contributed by atoms with Crippen LogP contribution in [-0.2, 0) is 0 Å². The Bertz CT molecular complexity index is 756. The van der Waals surface area contributed by atoms with Crippen molar-refractivity contribution in [1.82, 2.24) is 8.75 Å². The number of fused-ring (bicyclic) bond motifs is 1. The van der Waals surface area contributed by atoms with Gasteiger partial charge in [-0.05, 0) is 36.4 Å². The number of halogens is 1. The number of aromatic nitrogens is 2. The quantitative estimate of drug-likeness (QED) is 0.784. The molecular formula is C13H8ClN3OS. The zero-order valence-electron chi connectivity index (χ0n) is 9.63. The fourth-order valence-corrected chi connectivity index (χ4v) is 2.40. The summed E-state index contributed by atoms with van der Waals surface area (Å²) in [6, 6.07) is 12.2. The molecule has 19 heavy (non-hydrogen) atoms. The SMILES string of the molecule is O=C(Nc1ccc2nsnc2c1)c1cccc(Cl)c1. The Labute approximate surface area is 118 Å². The number of nitrogens with zero attached hydrogens (tertiary/aromatic N) is 2. The summed E-state index contributed by atoms with van der Waals surface area (Å²) in [5, 5.41) is 3.34. The van der Waals surface area contributed by atoms with Crippen molar-refractivity contribution >= 4 is 46.0 Å². The molecule has 0 aliphatic rings. The Hall–Kier alpha value is -1.98. The third-order valence-corrected chi connectivity index (χ3v) is 3.39. The Morgan fingerprint density at radius 1 is 1.11 bits per heavy atom. The first kappa shape index (κ1) is 12.1. The third kappa shape index (κ3) is 2.57. The standard InChI is InChI=1S/C13H8ClN3OS/c14-9-3-1-2-8(6-9)13(18)15-10-4-5-11-12(7-10)17-19-16-11/h1-7H,(H,15,18). The minimum absolute atomic E-state index is 0.204. The van der Waals surface area contributed by atoms with E-state index in [2.05, 4.69) is 14.1 Å². The molecule has 1 heterocycles. The molecule has 0 spiro atoms. The fraction of sp³-hybridized carbons (Fsp3) is 0. The van der Waals surface area contributed by atoms with Gasteiger partial charge in [0.1, 0.15) is 11.0 Å². The number of benzene rings is 2. The Morgan fingerprint density at radius 2 is 1.95 bits per heavy atom. The van der Waals surface area contributed by atoms with Gasteiger partial charge in [0.2, 0.25) is 0 Å². The van der Waals surface area contributed by atoms with Crippen molar-refractivity contribution in [2.45, 2.75) is 0 Å². The maximum atomic E-state index is 12.0. The van der Waals surface area contributed by atoms with E-state index in [1.807, 2.05) is 6.07 Å². The van der Waals surface area contributed by atoms with Gasteiger partial charge in [-0.1, -0.05) is 17.7 Å². The Morgan fingerprint density at radius 3 is 2.79 bits per heavy atom. The molecule has 1 aromatic heterocycles. The summed E-state index contributed by atoms with van der Waals surface area (Å²) < 4.78 is 8.24. The number of carbonyl (C=O) groups excluding carboxylic acids is 1. The molecule has 0 unspecified atom stereocenters. The normalized spacial score (nSPS) is 10.6. The van der Waals surface area contributed by atoms with Gasteiger partial charge in [0, 0.05) is 16.3 Å². The van der Waals surface area contributed by atoms with Crippen LogP contribution in [-0.4, -0.2) is 14.7 Å². The number of rotatable bonds is 2. The largest absolute Gasteiger partial charge is 0.322 e. The number of amides is 1. The monoisotopic (exact) mass is 289 g/mol. The van der Waals surface area contributed by atoms with E-state index in [1.54, 1.807) is 36.4 Å². The van der Waals surface area contributed by atoms with Crippen molar-refractivity contribution in [3.8, 4) is 0 Å². The molecule has 0 saturated carbocycles. The van der Waals surface area contributed by atoms with Gasteiger partial charge in [-0.15, -0.1) is 0 Å². The van der Waals surface area contributed by atoms with E-state index >= 15 is 0 Å². The zero-order chi connectivity index (χ0) is 13.2. The lowest BCUT2D eigenvalue weighted by Crippen LogP contribution is -2.11. The van der Waals surface area contributed by atoms with Crippen molar-refractivity contribution in [1.29, 1.82) is 0 Å². The van der Waals surface area contributed by atoms with Crippen LogP contribution in [0, 0.1) is 0 Å². The molecule has 0 aliphatic heterocycles. The predicted molar refractivity (Wildman–Crippen MR) is 76.8 cm³/mol. The van der Waals surface area contributed by atoms with E-state index in [-0.39, 0.29) is 5.91 Å². The lowest BCUT2D eigenvalue weighted by molar-refractivity contribution is 0.102. The molecule has 2 aromatic carbocycles. The van der Waals surface area contributed by atoms with E-state index in [0.717, 1.165) is 22.8 Å². The van der Waals surface area contributed by atoms with Crippen molar-refractivity contribution in [2.75, 3.05) is 5.32 Å². The van der Waals surface area contributed by atoms with Crippen LogP contribution in [0.2, 0.25) is 5.02 Å². The van der Waals surface area contributed by atoms with Crippen molar-refractivity contribution in [2.24, 2.45) is 0 Å². The van der Waals surface area contributed by atoms with Crippen molar-refractivity contribution in [3.63, 3.8) is 0 Å². The Balaban J connectivity index is 1.86. The average molecular weight is 290 g/mol. The lowest BCUT2D eigenvalue weighted by Gasteiger charge is -2.05. The molecule has 94 valence electrons. The first-order valence-corrected chi connectivity index (χ1v) is 6.62. The summed E-state index contributed by atoms with van der Waals surface area (Å²) in [7, 11) is 0. The van der Waals surface area contributed by atoms with Gasteiger partial charge in [0.15, 0.2) is 0 Å². The molecule has 3 rings (SSSR count). The van der Waals surface area contributed by atoms with Gasteiger partial charge in [-0.25, -0.2) is 0 Å². The van der Waals surface area contributed by atoms with E-state index in [0.29, 0.717) is 16.3 Å². The van der Waals surface area contributed by atoms with Gasteiger partial charge >= 0.3 is 0 Å². The molecule has 1 N–H and O–H groups in total. The van der Waals surface area contributed by atoms with Crippen LogP contribution in [0.25, 0.3) is 11.0 Å². The predicted octanol–water partition coefficient (Wildman–Crippen LogP) is 3.60. The molecule has 4 nitrogen and oxygen atoms in total. The molecule has 0 radical (unpaired) electrons. The molecule has 0 fully saturated rings. The molecule has 0 atom stereocenters. The van der Waals surface area contributed by atoms with Crippen LogP contribution < -0.4 is 5.32 Å². The van der Waals surface area contributed by atoms with Crippen molar-refractivity contribution in [3.05, 3.63) is 53.1 Å². The highest BCUT2D eigenvalue weighted by Crippen LogP contribution is 2.18. The highest BCUT2D eigenvalue weighted by atomic mass is 35.5. The van der Waals surface area contributed by atoms with E-state index in [1.165, 1.54) is 0 Å². The van der Waals surface area contributed by atoms with Gasteiger partial charge in [-0.2, -0.15) is 8.75 Å². The smallest absolute Gasteiger partial charge is 0.255 e. The maximum absolute atomic E-state index is 12.0. The summed E-state index contributed by atoms with van der Waals surface area (Å²) in [5.41, 5.74) is 2.80. The summed E-state index contributed by atoms with van der Waals surface area (Å²) in [6.07, 6.45) is 0. The number of hydrogen-bond acceptors (Lipinski definition) is 4. The molecule has 0 saturated heterocycles. The summed E-state index contributed by atoms with van der Waals surface area (Å²) >= 11 is 7.01. The molecule has 3 aromatic rings. The van der Waals surface area contributed by atoms with Crippen LogP contribution in [0.1, 0.15) is 10.4 Å². The minimum atomic E-state index is -0.204. The highest BCUT2D eigenvalue weighted by Gasteiger charge is 2.07. The molecular weight excluding hydrogens is 282 g/mol. The molecule has 0 aliphatic carbocycles. The number of hydrogen-bond donors (Lipinski definition) is 1. The van der Waals surface area contributed by atoms with Crippen molar-refractivity contribution < 1.29 is 4.79 Å². The van der Waals surface area contributed by atoms with Gasteiger partial charge in [0.25, 0.3) is 5.91 Å². The van der Waals surface area contributed by atoms with Gasteiger partial charge < -0.3 is 5.32 Å². The van der Waals surface area contributed by atoms with Crippen LogP contribution >= 0.6 is 23.3 Å². The summed E-state index contributed by atoms with van der Waals surface area (Å²) in [4.78, 5) is 12.0. The first-order chi connectivity index (χ1) is 9.22. The second kappa shape index (κ2) is 4.95. The highest BCUT2D eigenvalue weighted by molar-refractivity contribution is 7.00. The molecule has 6 heteroatoms. The van der Waals surface area contributed by atoms with Crippen LogP contribution in [0.5, 0.6) is 0 Å². The van der Waals surface area contributed by atoms with Crippen LogP contribution in [0.15, 0.2) is 42.5 Å². The fourth-order valence-electron chi connectivity index (χ4n) is 1.69. The number of carbonyl (C=O) groups is 1. The number of nitrogens with one attached hydrogen (secondary N) is 1. The summed E-state index contributed by atoms with van der Waals surface area (Å²) in [5.74, 6) is -0.204. The Kier molecular flexibility index (Phi) is 3.15. The average Bonchev–Trinajstić information content (AvgIpc) is 2.86. The maximum Gasteiger partial charge on any atom is 0.255 e. The van der Waals surface area contributed by atoms with Crippen LogP contribution in [0.4, 0.5) is 5.69 Å². The van der Waals surface area contributed by atoms with E-state index < -0.39 is 0 Å². The van der Waals surface area contributed by atoms with Gasteiger partial charge in [-0.3, -0.25) is 4.79 Å². The minimum Gasteiger partial charge on any atom is -0.322 e. The third-order valence-electron chi connectivity index (χ3n) is 2.60. The second-order valence-electron chi connectivity index (χ2n) is 3.93. The zero-order valence-corrected chi connectivity index (χ0v) is 11.2. The first-order valence-electron chi connectivity index (χ1n) is 5.51. The molecule has 1 amide bonds. The van der Waals surface area contributed by atoms with Crippen LogP contribution in [0.3, 0.4) is 0 Å². The summed E-state index contributed by atoms with van der Waals surface area (Å²) in [6.45, 7) is 0. The lowest BCUT2D eigenvalue weighted by atomic mass is 10.2. The molecule has 0 bridgehead atoms. The van der Waals surface area contributed by atoms with E-state index in [4.69, 9.17) is 11.6 Å². The second-order valence-corrected chi connectivity index (χ2v) is 4.90. The number of anilines is 1. The van der Waals surface area contributed by atoms with E-state index in [9.17, 15) is 4.79 Å².